The third-order valence-electron chi connectivity index (χ3n) is 3.00. The van der Waals surface area contributed by atoms with Crippen LogP contribution >= 0.6 is 0 Å². The lowest BCUT2D eigenvalue weighted by atomic mass is 9.98. The summed E-state index contributed by atoms with van der Waals surface area (Å²) in [6, 6.07) is 0. The minimum Gasteiger partial charge on any atom is -0.465 e. The Hall–Kier alpha value is -2.05. The van der Waals surface area contributed by atoms with Gasteiger partial charge in [-0.3, -0.25) is 14.6 Å². The van der Waals surface area contributed by atoms with Crippen LogP contribution < -0.4 is 4.90 Å². The second kappa shape index (κ2) is 3.76. The topological polar surface area (TPSA) is 89.5 Å². The molecule has 1 aliphatic heterocycles. The number of anilines is 1. The van der Waals surface area contributed by atoms with E-state index in [1.807, 2.05) is 0 Å². The first-order valence-electron chi connectivity index (χ1n) is 5.25. The van der Waals surface area contributed by atoms with Crippen molar-refractivity contribution in [2.24, 2.45) is 0 Å². The van der Waals surface area contributed by atoms with Gasteiger partial charge in [-0.1, -0.05) is 0 Å². The molecule has 1 aromatic rings. The highest BCUT2D eigenvalue weighted by molar-refractivity contribution is 6.01. The molecule has 1 saturated heterocycles. The highest BCUT2D eigenvalue weighted by Crippen LogP contribution is 2.25. The van der Waals surface area contributed by atoms with Crippen molar-refractivity contribution in [1.29, 1.82) is 0 Å². The fourth-order valence-electron chi connectivity index (χ4n) is 1.99. The number of amides is 2. The summed E-state index contributed by atoms with van der Waals surface area (Å²) in [5.74, 6) is 0.337. The number of H-pyrrole nitrogens is 1. The van der Waals surface area contributed by atoms with Crippen LogP contribution in [0.1, 0.15) is 13.8 Å². The highest BCUT2D eigenvalue weighted by Gasteiger charge is 2.45. The Balaban J connectivity index is 2.28. The molecular weight excluding hydrogens is 224 g/mol. The van der Waals surface area contributed by atoms with Crippen LogP contribution in [0.3, 0.4) is 0 Å². The summed E-state index contributed by atoms with van der Waals surface area (Å²) in [5.41, 5.74) is -1.06. The number of imidazole rings is 1. The van der Waals surface area contributed by atoms with Gasteiger partial charge < -0.3 is 10.1 Å². The van der Waals surface area contributed by atoms with E-state index in [-0.39, 0.29) is 12.5 Å². The van der Waals surface area contributed by atoms with Crippen molar-refractivity contribution >= 4 is 17.8 Å². The number of rotatable bonds is 1. The average Bonchev–Trinajstić information content (AvgIpc) is 2.74. The summed E-state index contributed by atoms with van der Waals surface area (Å²) in [7, 11) is 0. The number of carboxylic acid groups (broad SMARTS) is 1. The molecule has 7 heteroatoms. The molecule has 1 aliphatic rings. The van der Waals surface area contributed by atoms with Gasteiger partial charge in [0.15, 0.2) is 0 Å². The Labute approximate surface area is 98.0 Å². The van der Waals surface area contributed by atoms with Gasteiger partial charge in [0.05, 0.1) is 12.5 Å². The van der Waals surface area contributed by atoms with Gasteiger partial charge in [0.1, 0.15) is 11.4 Å². The third-order valence-corrected chi connectivity index (χ3v) is 3.00. The predicted octanol–water partition coefficient (Wildman–Crippen LogP) is 0.515. The molecule has 2 rings (SSSR count). The maximum absolute atomic E-state index is 12.2. The summed E-state index contributed by atoms with van der Waals surface area (Å²) < 4.78 is 0. The number of hydrogen-bond donors (Lipinski definition) is 2. The zero-order valence-electron chi connectivity index (χ0n) is 9.67. The molecule has 2 amide bonds. The van der Waals surface area contributed by atoms with Crippen molar-refractivity contribution in [3.8, 4) is 0 Å². The van der Waals surface area contributed by atoms with E-state index in [1.54, 1.807) is 20.0 Å². The number of nitrogens with zero attached hydrogens (tertiary/aromatic N) is 3. The van der Waals surface area contributed by atoms with E-state index < -0.39 is 11.6 Å². The van der Waals surface area contributed by atoms with Crippen LogP contribution in [0.2, 0.25) is 0 Å². The Morgan fingerprint density at radius 1 is 1.53 bits per heavy atom. The maximum atomic E-state index is 12.2. The van der Waals surface area contributed by atoms with Gasteiger partial charge in [0.25, 0.3) is 5.91 Å². The van der Waals surface area contributed by atoms with Crippen LogP contribution in [0.25, 0.3) is 0 Å². The normalized spacial score (nSPS) is 19.5. The number of hydrogen-bond acceptors (Lipinski definition) is 3. The van der Waals surface area contributed by atoms with E-state index in [1.165, 1.54) is 11.2 Å². The molecule has 2 heterocycles. The Morgan fingerprint density at radius 2 is 2.24 bits per heavy atom. The van der Waals surface area contributed by atoms with Crippen LogP contribution in [0.5, 0.6) is 0 Å². The molecule has 0 saturated carbocycles. The lowest BCUT2D eigenvalue weighted by Crippen LogP contribution is -2.64. The smallest absolute Gasteiger partial charge is 0.408 e. The number of aromatic amines is 1. The highest BCUT2D eigenvalue weighted by atomic mass is 16.4. The van der Waals surface area contributed by atoms with Crippen LogP contribution in [-0.4, -0.2) is 50.6 Å². The van der Waals surface area contributed by atoms with Crippen LogP contribution in [0.4, 0.5) is 10.6 Å². The third kappa shape index (κ3) is 1.73. The number of carbonyl (C=O) groups excluding carboxylic acids is 1. The van der Waals surface area contributed by atoms with Crippen molar-refractivity contribution in [3.63, 3.8) is 0 Å². The second-order valence-corrected chi connectivity index (χ2v) is 4.39. The Bertz CT molecular complexity index is 440. The summed E-state index contributed by atoms with van der Waals surface area (Å²) in [4.78, 5) is 32.7. The second-order valence-electron chi connectivity index (χ2n) is 4.39. The number of aromatic nitrogens is 2. The fourth-order valence-corrected chi connectivity index (χ4v) is 1.99. The standard InChI is InChI=1S/C10H14N4O3/c1-10(2)8(15)13(7-5-11-6-12-7)3-4-14(10)9(16)17/h5-6H,3-4H2,1-2H3,(H,11,12)(H,16,17). The van der Waals surface area contributed by atoms with Gasteiger partial charge in [-0.2, -0.15) is 0 Å². The monoisotopic (exact) mass is 238 g/mol. The van der Waals surface area contributed by atoms with E-state index >= 15 is 0 Å². The van der Waals surface area contributed by atoms with Gasteiger partial charge in [0, 0.05) is 13.1 Å². The molecule has 7 nitrogen and oxygen atoms in total. The Kier molecular flexibility index (Phi) is 2.53. The fraction of sp³-hybridized carbons (Fsp3) is 0.500. The van der Waals surface area contributed by atoms with Gasteiger partial charge in [-0.05, 0) is 13.8 Å². The summed E-state index contributed by atoms with van der Waals surface area (Å²) in [6.45, 7) is 3.82. The van der Waals surface area contributed by atoms with Gasteiger partial charge in [-0.15, -0.1) is 0 Å². The molecule has 1 fully saturated rings. The SMILES string of the molecule is CC1(C)C(=O)N(c2cnc[nH]2)CCN1C(=O)O. The lowest BCUT2D eigenvalue weighted by molar-refractivity contribution is -0.130. The van der Waals surface area contributed by atoms with E-state index in [2.05, 4.69) is 9.97 Å². The predicted molar refractivity (Wildman–Crippen MR) is 59.8 cm³/mol. The van der Waals surface area contributed by atoms with E-state index in [9.17, 15) is 9.59 Å². The van der Waals surface area contributed by atoms with Gasteiger partial charge in [0.2, 0.25) is 0 Å². The van der Waals surface area contributed by atoms with E-state index in [4.69, 9.17) is 5.11 Å². The van der Waals surface area contributed by atoms with E-state index in [0.29, 0.717) is 12.4 Å². The lowest BCUT2D eigenvalue weighted by Gasteiger charge is -2.43. The minimum atomic E-state index is -1.08. The van der Waals surface area contributed by atoms with Crippen LogP contribution in [-0.2, 0) is 4.79 Å². The molecule has 0 spiro atoms. The molecular formula is C10H14N4O3. The largest absolute Gasteiger partial charge is 0.465 e. The quantitative estimate of drug-likeness (QED) is 0.746. The molecule has 2 N–H and O–H groups in total. The van der Waals surface area contributed by atoms with Crippen molar-refractivity contribution in [2.75, 3.05) is 18.0 Å². The first-order chi connectivity index (χ1) is 7.94. The average molecular weight is 238 g/mol. The van der Waals surface area contributed by atoms with Crippen LogP contribution in [0.15, 0.2) is 12.5 Å². The zero-order valence-corrected chi connectivity index (χ0v) is 9.67. The molecule has 0 radical (unpaired) electrons. The number of nitrogens with one attached hydrogen (secondary N) is 1. The molecule has 0 aromatic carbocycles. The van der Waals surface area contributed by atoms with Gasteiger partial charge in [-0.25, -0.2) is 9.78 Å². The summed E-state index contributed by atoms with van der Waals surface area (Å²) in [6.07, 6.45) is 1.96. The molecule has 92 valence electrons. The molecule has 17 heavy (non-hydrogen) atoms. The van der Waals surface area contributed by atoms with Crippen molar-refractivity contribution < 1.29 is 14.7 Å². The van der Waals surface area contributed by atoms with Crippen LogP contribution in [0, 0.1) is 0 Å². The molecule has 0 atom stereocenters. The number of carbonyl (C=O) groups is 2. The molecule has 0 aliphatic carbocycles. The molecule has 1 aromatic heterocycles. The molecule has 0 bridgehead atoms. The maximum Gasteiger partial charge on any atom is 0.408 e. The van der Waals surface area contributed by atoms with Crippen molar-refractivity contribution in [1.82, 2.24) is 14.9 Å². The summed E-state index contributed by atoms with van der Waals surface area (Å²) >= 11 is 0. The molecule has 0 unspecified atom stereocenters. The van der Waals surface area contributed by atoms with Gasteiger partial charge >= 0.3 is 6.09 Å². The van der Waals surface area contributed by atoms with Crippen molar-refractivity contribution in [3.05, 3.63) is 12.5 Å². The number of piperazine rings is 1. The Morgan fingerprint density at radius 3 is 2.76 bits per heavy atom. The zero-order chi connectivity index (χ0) is 12.6. The first-order valence-corrected chi connectivity index (χ1v) is 5.25. The minimum absolute atomic E-state index is 0.254. The summed E-state index contributed by atoms with van der Waals surface area (Å²) in [5, 5.41) is 9.04. The van der Waals surface area contributed by atoms with Crippen molar-refractivity contribution in [2.45, 2.75) is 19.4 Å². The van der Waals surface area contributed by atoms with E-state index in [0.717, 1.165) is 4.90 Å². The first kappa shape index (κ1) is 11.4.